The minimum atomic E-state index is -1.18. The van der Waals surface area contributed by atoms with Crippen LogP contribution >= 0.6 is 0 Å². The maximum atomic E-state index is 13.0. The van der Waals surface area contributed by atoms with Crippen LogP contribution in [0.2, 0.25) is 0 Å². The van der Waals surface area contributed by atoms with Crippen LogP contribution in [0.1, 0.15) is 40.7 Å². The molecule has 1 heterocycles. The minimum Gasteiger partial charge on any atom is -0.497 e. The molecule has 0 bridgehead atoms. The third-order valence-corrected chi connectivity index (χ3v) is 4.37. The van der Waals surface area contributed by atoms with Gasteiger partial charge in [0, 0.05) is 11.7 Å². The first-order valence-corrected chi connectivity index (χ1v) is 8.04. The molecule has 1 aliphatic carbocycles. The number of nitrogens with zero attached hydrogens (tertiary/aromatic N) is 3. The van der Waals surface area contributed by atoms with Crippen molar-refractivity contribution in [2.45, 2.75) is 25.8 Å². The molecule has 0 saturated heterocycles. The molecule has 1 aromatic carbocycles. The Balaban J connectivity index is 1.92. The van der Waals surface area contributed by atoms with E-state index in [0.29, 0.717) is 11.7 Å². The second-order valence-electron chi connectivity index (χ2n) is 6.04. The van der Waals surface area contributed by atoms with E-state index >= 15 is 0 Å². The van der Waals surface area contributed by atoms with Gasteiger partial charge in [0.1, 0.15) is 11.4 Å². The van der Waals surface area contributed by atoms with E-state index in [1.807, 2.05) is 19.1 Å². The van der Waals surface area contributed by atoms with Gasteiger partial charge in [-0.05, 0) is 49.9 Å². The van der Waals surface area contributed by atoms with Crippen molar-refractivity contribution in [3.63, 3.8) is 0 Å². The van der Waals surface area contributed by atoms with Gasteiger partial charge in [-0.25, -0.2) is 14.8 Å². The zero-order chi connectivity index (χ0) is 18.0. The number of aromatic nitrogens is 2. The van der Waals surface area contributed by atoms with Crippen molar-refractivity contribution < 1.29 is 19.4 Å². The summed E-state index contributed by atoms with van der Waals surface area (Å²) in [5.74, 6) is -0.308. The van der Waals surface area contributed by atoms with Gasteiger partial charge in [-0.1, -0.05) is 0 Å². The molecule has 0 radical (unpaired) electrons. The van der Waals surface area contributed by atoms with Crippen LogP contribution in [-0.4, -0.2) is 40.1 Å². The van der Waals surface area contributed by atoms with Crippen molar-refractivity contribution in [2.75, 3.05) is 12.0 Å². The maximum absolute atomic E-state index is 13.0. The first kappa shape index (κ1) is 16.9. The summed E-state index contributed by atoms with van der Waals surface area (Å²) in [4.78, 5) is 33.4. The number of methoxy groups -OCH3 is 1. The minimum absolute atomic E-state index is 0.0156. The summed E-state index contributed by atoms with van der Waals surface area (Å²) in [6.45, 7) is 2.01. The number of amides is 1. The second kappa shape index (κ2) is 6.88. The van der Waals surface area contributed by atoms with Crippen LogP contribution in [0, 0.1) is 5.92 Å². The van der Waals surface area contributed by atoms with E-state index in [1.165, 1.54) is 6.20 Å². The Bertz CT molecular complexity index is 770. The highest BCUT2D eigenvalue weighted by atomic mass is 16.5. The highest BCUT2D eigenvalue weighted by molar-refractivity contribution is 6.05. The second-order valence-corrected chi connectivity index (χ2v) is 6.04. The summed E-state index contributed by atoms with van der Waals surface area (Å²) in [7, 11) is 1.59. The third-order valence-electron chi connectivity index (χ3n) is 4.37. The van der Waals surface area contributed by atoms with Gasteiger partial charge < -0.3 is 14.7 Å². The van der Waals surface area contributed by atoms with Gasteiger partial charge >= 0.3 is 5.97 Å². The molecule has 130 valence electrons. The fraction of sp³-hybridized carbons (Fsp3) is 0.333. The van der Waals surface area contributed by atoms with E-state index in [0.717, 1.165) is 24.7 Å². The summed E-state index contributed by atoms with van der Waals surface area (Å²) >= 11 is 0. The van der Waals surface area contributed by atoms with Gasteiger partial charge in [0.2, 0.25) is 0 Å². The van der Waals surface area contributed by atoms with Gasteiger partial charge in [-0.2, -0.15) is 0 Å². The lowest BCUT2D eigenvalue weighted by Gasteiger charge is -2.29. The molecule has 0 aliphatic heterocycles. The Morgan fingerprint density at radius 3 is 2.24 bits per heavy atom. The molecule has 0 spiro atoms. The van der Waals surface area contributed by atoms with E-state index in [-0.39, 0.29) is 23.3 Å². The Labute approximate surface area is 145 Å². The average molecular weight is 341 g/mol. The van der Waals surface area contributed by atoms with Crippen molar-refractivity contribution >= 4 is 17.6 Å². The molecule has 7 nitrogen and oxygen atoms in total. The number of hydrogen-bond acceptors (Lipinski definition) is 5. The number of carbonyl (C=O) groups is 2. The first-order valence-electron chi connectivity index (χ1n) is 8.04. The van der Waals surface area contributed by atoms with Crippen molar-refractivity contribution in [3.05, 3.63) is 48.0 Å². The number of hydrogen-bond donors (Lipinski definition) is 1. The Morgan fingerprint density at radius 1 is 1.16 bits per heavy atom. The van der Waals surface area contributed by atoms with Crippen LogP contribution in [0.3, 0.4) is 0 Å². The molecule has 25 heavy (non-hydrogen) atoms. The number of carboxylic acid groups (broad SMARTS) is 1. The van der Waals surface area contributed by atoms with Gasteiger partial charge in [0.05, 0.1) is 19.5 Å². The maximum Gasteiger partial charge on any atom is 0.356 e. The molecule has 1 atom stereocenters. The van der Waals surface area contributed by atoms with Gasteiger partial charge in [-0.3, -0.25) is 4.79 Å². The quantitative estimate of drug-likeness (QED) is 0.868. The van der Waals surface area contributed by atoms with E-state index in [4.69, 9.17) is 9.84 Å². The number of carbonyl (C=O) groups excluding carboxylic acids is 1. The zero-order valence-corrected chi connectivity index (χ0v) is 14.0. The van der Waals surface area contributed by atoms with E-state index in [9.17, 15) is 9.59 Å². The van der Waals surface area contributed by atoms with Crippen molar-refractivity contribution in [1.29, 1.82) is 0 Å². The monoisotopic (exact) mass is 341 g/mol. The van der Waals surface area contributed by atoms with Crippen LogP contribution in [0.25, 0.3) is 0 Å². The Hall–Kier alpha value is -2.96. The predicted octanol–water partition coefficient (Wildman–Crippen LogP) is 2.63. The number of ether oxygens (including phenoxy) is 1. The SMILES string of the molecule is COc1ccc(N(C(=O)c2cnc(C(=O)O)cn2)C(C)C2CC2)cc1. The van der Waals surface area contributed by atoms with E-state index in [1.54, 1.807) is 24.1 Å². The molecular weight excluding hydrogens is 322 g/mol. The molecule has 1 amide bonds. The average Bonchev–Trinajstić information content (AvgIpc) is 3.47. The zero-order valence-electron chi connectivity index (χ0n) is 14.0. The van der Waals surface area contributed by atoms with Gasteiger partial charge in [0.25, 0.3) is 5.91 Å². The highest BCUT2D eigenvalue weighted by Gasteiger charge is 2.36. The smallest absolute Gasteiger partial charge is 0.356 e. The number of carboxylic acids is 1. The first-order chi connectivity index (χ1) is 12.0. The Kier molecular flexibility index (Phi) is 4.65. The molecule has 1 aliphatic rings. The molecule has 1 saturated carbocycles. The molecule has 2 aromatic rings. The van der Waals surface area contributed by atoms with Crippen LogP contribution < -0.4 is 9.64 Å². The fourth-order valence-electron chi connectivity index (χ4n) is 2.74. The lowest BCUT2D eigenvalue weighted by Crippen LogP contribution is -2.40. The standard InChI is InChI=1S/C18H19N3O4/c1-11(12-3-4-12)21(13-5-7-14(25-2)8-6-13)17(22)15-9-20-16(10-19-15)18(23)24/h5-12H,3-4H2,1-2H3,(H,23,24). The number of anilines is 1. The topological polar surface area (TPSA) is 92.6 Å². The van der Waals surface area contributed by atoms with Crippen LogP contribution in [0.4, 0.5) is 5.69 Å². The largest absolute Gasteiger partial charge is 0.497 e. The molecule has 1 aromatic heterocycles. The summed E-state index contributed by atoms with van der Waals surface area (Å²) in [5.41, 5.74) is 0.672. The number of benzene rings is 1. The van der Waals surface area contributed by atoms with E-state index < -0.39 is 5.97 Å². The van der Waals surface area contributed by atoms with Crippen molar-refractivity contribution in [2.24, 2.45) is 5.92 Å². The highest BCUT2D eigenvalue weighted by Crippen LogP contribution is 2.37. The summed E-state index contributed by atoms with van der Waals surface area (Å²) in [5, 5.41) is 8.91. The summed E-state index contributed by atoms with van der Waals surface area (Å²) in [6, 6.07) is 7.27. The number of aromatic carboxylic acids is 1. The summed E-state index contributed by atoms with van der Waals surface area (Å²) in [6.07, 6.45) is 4.49. The van der Waals surface area contributed by atoms with Crippen LogP contribution in [-0.2, 0) is 0 Å². The molecule has 1 fully saturated rings. The van der Waals surface area contributed by atoms with Crippen molar-refractivity contribution in [3.8, 4) is 5.75 Å². The molecular formula is C18H19N3O4. The lowest BCUT2D eigenvalue weighted by molar-refractivity contribution is 0.0689. The molecule has 3 rings (SSSR count). The van der Waals surface area contributed by atoms with Crippen molar-refractivity contribution in [1.82, 2.24) is 9.97 Å². The summed E-state index contributed by atoms with van der Waals surface area (Å²) < 4.78 is 5.17. The Morgan fingerprint density at radius 2 is 1.76 bits per heavy atom. The van der Waals surface area contributed by atoms with Crippen LogP contribution in [0.5, 0.6) is 5.75 Å². The fourth-order valence-corrected chi connectivity index (χ4v) is 2.74. The van der Waals surface area contributed by atoms with Crippen LogP contribution in [0.15, 0.2) is 36.7 Å². The predicted molar refractivity (Wildman–Crippen MR) is 91.0 cm³/mol. The van der Waals surface area contributed by atoms with E-state index in [2.05, 4.69) is 9.97 Å². The van der Waals surface area contributed by atoms with Gasteiger partial charge in [-0.15, -0.1) is 0 Å². The third kappa shape index (κ3) is 3.60. The lowest BCUT2D eigenvalue weighted by atomic mass is 10.1. The molecule has 1 N–H and O–H groups in total. The molecule has 7 heteroatoms. The number of rotatable bonds is 6. The molecule has 1 unspecified atom stereocenters. The van der Waals surface area contributed by atoms with Gasteiger partial charge in [0.15, 0.2) is 5.69 Å². The normalized spacial score (nSPS) is 14.6.